The molecule has 10 aromatic rings. The van der Waals surface area contributed by atoms with E-state index in [0.29, 0.717) is 17.3 Å². The van der Waals surface area contributed by atoms with Gasteiger partial charge in [0.05, 0.1) is 45.6 Å². The topological polar surface area (TPSA) is 155 Å². The van der Waals surface area contributed by atoms with E-state index in [1.54, 1.807) is 80.4 Å². The van der Waals surface area contributed by atoms with Gasteiger partial charge in [0.1, 0.15) is 0 Å². The van der Waals surface area contributed by atoms with Crippen molar-refractivity contribution < 1.29 is 34.9 Å². The number of hydrogen-bond acceptors (Lipinski definition) is 12. The zero-order chi connectivity index (χ0) is 44.9. The maximum Gasteiger partial charge on any atom is 0.198 e. The van der Waals surface area contributed by atoms with Crippen molar-refractivity contribution in [1.29, 1.82) is 0 Å². The fourth-order valence-corrected chi connectivity index (χ4v) is 5.40. The molecule has 0 amide bonds. The molecule has 0 aliphatic heterocycles. The average molecular weight is 1140 g/mol. The maximum absolute atomic E-state index is 4.67. The van der Waals surface area contributed by atoms with E-state index in [2.05, 4.69) is 79.1 Å². The molecule has 0 N–H and O–H groups in total. The molecule has 0 unspecified atom stereocenters. The molecule has 16 heteroatoms. The molecule has 0 spiro atoms. The fraction of sp³-hybridized carbons (Fsp3) is 0. The molecule has 10 heterocycles. The first-order valence-electron chi connectivity index (χ1n) is 19.0. The number of halogens is 2. The maximum atomic E-state index is 4.67. The Morgan fingerprint density at radius 1 is 0.266 bits per heavy atom. The van der Waals surface area contributed by atoms with Crippen LogP contribution in [0.3, 0.4) is 0 Å². The minimum atomic E-state index is 0.470. The Morgan fingerprint density at radius 3 is 0.953 bits per heavy atom. The van der Waals surface area contributed by atoms with Crippen LogP contribution in [0.4, 0.5) is 0 Å². The van der Waals surface area contributed by atoms with E-state index in [0.717, 1.165) is 39.9 Å². The summed E-state index contributed by atoms with van der Waals surface area (Å²) in [4.78, 5) is 50.8. The summed E-state index contributed by atoms with van der Waals surface area (Å²) in [6, 6.07) is 46.2. The van der Waals surface area contributed by atoms with Crippen LogP contribution in [0.2, 0.25) is 0 Å². The van der Waals surface area contributed by atoms with Crippen molar-refractivity contribution in [2.45, 2.75) is 0 Å². The quantitative estimate of drug-likeness (QED) is 0.146. The van der Waals surface area contributed by atoms with Gasteiger partial charge in [-0.1, -0.05) is 36.4 Å². The molecule has 0 fully saturated rings. The third-order valence-corrected chi connectivity index (χ3v) is 8.24. The van der Waals surface area contributed by atoms with Crippen LogP contribution >= 0.6 is 19.3 Å². The number of hydrogen-bond donors (Lipinski definition) is 0. The van der Waals surface area contributed by atoms with Crippen LogP contribution < -0.4 is 0 Å². The fourth-order valence-electron chi connectivity index (χ4n) is 5.40. The zero-order valence-electron chi connectivity index (χ0n) is 33.6. The van der Waals surface area contributed by atoms with Crippen LogP contribution in [-0.2, 0) is 34.9 Å². The van der Waals surface area contributed by atoms with Gasteiger partial charge in [0.2, 0.25) is 0 Å². The number of pyridine rings is 8. The predicted molar refractivity (Wildman–Crippen MR) is 244 cm³/mol. The van der Waals surface area contributed by atoms with Crippen molar-refractivity contribution in [3.8, 4) is 68.3 Å². The van der Waals surface area contributed by atoms with E-state index >= 15 is 0 Å². The molecule has 0 atom stereocenters. The van der Waals surface area contributed by atoms with Crippen molar-refractivity contribution in [1.82, 2.24) is 59.8 Å². The molecular weight excluding hydrogens is 1110 g/mol. The van der Waals surface area contributed by atoms with Crippen LogP contribution in [0.25, 0.3) is 68.3 Å². The molecule has 318 valence electrons. The van der Waals surface area contributed by atoms with Crippen LogP contribution in [0.5, 0.6) is 0 Å². The van der Waals surface area contributed by atoms with E-state index in [1.165, 1.54) is 28.7 Å². The molecule has 0 bridgehead atoms. The molecule has 0 aliphatic carbocycles. The van der Waals surface area contributed by atoms with Crippen LogP contribution in [0, 0.1) is 0 Å². The second kappa shape index (κ2) is 28.7. The van der Waals surface area contributed by atoms with Gasteiger partial charge in [-0.2, -0.15) is 0 Å². The summed E-state index contributed by atoms with van der Waals surface area (Å²) in [7, 11) is 9.24. The van der Waals surface area contributed by atoms with E-state index in [1.807, 2.05) is 157 Å². The van der Waals surface area contributed by atoms with Crippen LogP contribution in [-0.4, -0.2) is 59.8 Å². The normalized spacial score (nSPS) is 9.56. The first-order chi connectivity index (χ1) is 31.8. The molecule has 10 rings (SSSR count). The summed E-state index contributed by atoms with van der Waals surface area (Å²) in [5, 5.41) is 0. The standard InChI is InChI=1S/C18H12N6.3C10H8N2.2ClH.Os.Ru/c1-2-9-19-13(5-1)14-6-3-7-15(23-14)16-8-12-22-18(24-16)17-20-10-4-11-21-17;1-5-11-6-2-9(1)10-3-7-12-8-4-10;2*1-3-7-11-9(5-1)10-6-2-4-8-12-10;;;;/h1-12H;3*1-8H;2*1H;;/q;;;;;;2*+1/p-2. The molecule has 64 heavy (non-hydrogen) atoms. The summed E-state index contributed by atoms with van der Waals surface area (Å²) >= 11 is 3.16. The van der Waals surface area contributed by atoms with E-state index in [9.17, 15) is 0 Å². The van der Waals surface area contributed by atoms with Gasteiger partial charge >= 0.3 is 54.2 Å². The molecule has 0 saturated carbocycles. The second-order valence-corrected chi connectivity index (χ2v) is 12.3. The van der Waals surface area contributed by atoms with Gasteiger partial charge in [-0.05, 0) is 120 Å². The van der Waals surface area contributed by atoms with E-state index < -0.39 is 0 Å². The first kappa shape index (κ1) is 48.2. The zero-order valence-corrected chi connectivity index (χ0v) is 39.4. The van der Waals surface area contributed by atoms with Crippen molar-refractivity contribution in [2.75, 3.05) is 0 Å². The van der Waals surface area contributed by atoms with E-state index in [4.69, 9.17) is 0 Å². The number of rotatable bonds is 6. The molecule has 0 saturated heterocycles. The van der Waals surface area contributed by atoms with Gasteiger partial charge in [0.15, 0.2) is 11.6 Å². The second-order valence-electron chi connectivity index (χ2n) is 12.3. The van der Waals surface area contributed by atoms with Crippen LogP contribution in [0.1, 0.15) is 0 Å². The third kappa shape index (κ3) is 15.8. The van der Waals surface area contributed by atoms with Gasteiger partial charge < -0.3 is 0 Å². The van der Waals surface area contributed by atoms with Gasteiger partial charge in [0.25, 0.3) is 0 Å². The molecule has 0 aliphatic rings. The Bertz CT molecular complexity index is 2380. The third-order valence-electron chi connectivity index (χ3n) is 8.24. The molecule has 10 aromatic heterocycles. The van der Waals surface area contributed by atoms with Crippen molar-refractivity contribution in [3.05, 3.63) is 220 Å². The molecule has 0 radical (unpaired) electrons. The van der Waals surface area contributed by atoms with Gasteiger partial charge in [-0.25, -0.2) is 24.9 Å². The van der Waals surface area contributed by atoms with Gasteiger partial charge in [0, 0.05) is 74.4 Å². The Kier molecular flexibility index (Phi) is 21.7. The Balaban J connectivity index is 0.000000165. The number of nitrogens with zero attached hydrogens (tertiary/aromatic N) is 12. The predicted octanol–water partition coefficient (Wildman–Crippen LogP) is 10.9. The summed E-state index contributed by atoms with van der Waals surface area (Å²) in [6.45, 7) is 0. The largest absolute Gasteiger partial charge is 0.265 e. The SMILES string of the molecule is [Cl][Os].[Cl][Ru].c1cc(-c2ccncc2)ccn1.c1ccc(-c2cccc(-c3ccnc(-c4ncccn4)n3)n2)nc1.c1ccc(-c2ccccn2)nc1.c1ccc(-c2ccccn2)nc1. The summed E-state index contributed by atoms with van der Waals surface area (Å²) < 4.78 is 0. The molecular formula is C48H36Cl2N12OsRu. The first-order valence-corrected chi connectivity index (χ1v) is 24.4. The number of aromatic nitrogens is 12. The van der Waals surface area contributed by atoms with Gasteiger partial charge in [-0.15, -0.1) is 0 Å². The Labute approximate surface area is 399 Å². The van der Waals surface area contributed by atoms with Crippen molar-refractivity contribution in [2.24, 2.45) is 0 Å². The van der Waals surface area contributed by atoms with Gasteiger partial charge in [-0.3, -0.25) is 34.9 Å². The molecule has 12 nitrogen and oxygen atoms in total. The summed E-state index contributed by atoms with van der Waals surface area (Å²) in [5.74, 6) is 0.957. The molecule has 0 aromatic carbocycles. The Morgan fingerprint density at radius 2 is 0.578 bits per heavy atom. The minimum absolute atomic E-state index is 0.470. The van der Waals surface area contributed by atoms with E-state index in [-0.39, 0.29) is 0 Å². The van der Waals surface area contributed by atoms with Crippen molar-refractivity contribution in [3.63, 3.8) is 0 Å². The van der Waals surface area contributed by atoms with Crippen molar-refractivity contribution >= 4 is 19.3 Å². The Hall–Kier alpha value is -6.80. The summed E-state index contributed by atoms with van der Waals surface area (Å²) in [5.41, 5.74) is 9.08. The smallest absolute Gasteiger partial charge is 0.198 e. The summed E-state index contributed by atoms with van der Waals surface area (Å²) in [6.07, 6.45) is 21.0. The monoisotopic (exact) mass is 1140 g/mol. The average Bonchev–Trinajstić information content (AvgIpc) is 3.42. The minimum Gasteiger partial charge on any atom is -0.265 e. The van der Waals surface area contributed by atoms with Crippen LogP contribution in [0.15, 0.2) is 220 Å².